The standard InChI is InChI=1S/C30H16N4/c31-17-19-3-6-21(7-4-19)22-9-11-23(12-10-22)27-16-25-15-24-8-5-20(18-32)14-28(24)34-29(25)30-26(27)2-1-13-33-30/h1-16H. The van der Waals surface area contributed by atoms with Crippen molar-refractivity contribution in [1.82, 2.24) is 9.97 Å². The molecule has 0 spiro atoms. The van der Waals surface area contributed by atoms with Gasteiger partial charge in [0, 0.05) is 22.4 Å². The van der Waals surface area contributed by atoms with Crippen LogP contribution in [0.3, 0.4) is 0 Å². The summed E-state index contributed by atoms with van der Waals surface area (Å²) in [5.41, 5.74) is 8.06. The second-order valence-corrected chi connectivity index (χ2v) is 8.17. The molecular weight excluding hydrogens is 416 g/mol. The fourth-order valence-corrected chi connectivity index (χ4v) is 4.42. The molecule has 156 valence electrons. The quantitative estimate of drug-likeness (QED) is 0.218. The second kappa shape index (κ2) is 7.81. The van der Waals surface area contributed by atoms with Gasteiger partial charge in [0.1, 0.15) is 0 Å². The minimum absolute atomic E-state index is 0.593. The predicted octanol–water partition coefficient (Wildman–Crippen LogP) is 7.01. The first-order valence-corrected chi connectivity index (χ1v) is 10.9. The summed E-state index contributed by atoms with van der Waals surface area (Å²) in [6.07, 6.45) is 1.79. The Kier molecular flexibility index (Phi) is 4.51. The molecular formula is C30H16N4. The molecule has 0 saturated heterocycles. The Hall–Kier alpha value is -5.06. The number of rotatable bonds is 2. The molecule has 6 rings (SSSR count). The summed E-state index contributed by atoms with van der Waals surface area (Å²) in [5, 5.41) is 21.3. The van der Waals surface area contributed by atoms with Crippen molar-refractivity contribution in [2.45, 2.75) is 0 Å². The van der Waals surface area contributed by atoms with Crippen LogP contribution in [0.4, 0.5) is 0 Å². The van der Waals surface area contributed by atoms with E-state index in [0.29, 0.717) is 11.1 Å². The van der Waals surface area contributed by atoms with Gasteiger partial charge in [0.2, 0.25) is 0 Å². The first kappa shape index (κ1) is 19.6. The second-order valence-electron chi connectivity index (χ2n) is 8.17. The van der Waals surface area contributed by atoms with E-state index in [1.54, 1.807) is 6.20 Å². The first-order valence-electron chi connectivity index (χ1n) is 10.9. The molecule has 4 aromatic carbocycles. The van der Waals surface area contributed by atoms with Gasteiger partial charge in [-0.3, -0.25) is 4.98 Å². The highest BCUT2D eigenvalue weighted by Gasteiger charge is 2.12. The van der Waals surface area contributed by atoms with Crippen LogP contribution in [0.2, 0.25) is 0 Å². The largest absolute Gasteiger partial charge is 0.254 e. The van der Waals surface area contributed by atoms with Crippen molar-refractivity contribution in [2.24, 2.45) is 0 Å². The lowest BCUT2D eigenvalue weighted by Gasteiger charge is -2.12. The van der Waals surface area contributed by atoms with Crippen molar-refractivity contribution < 1.29 is 0 Å². The summed E-state index contributed by atoms with van der Waals surface area (Å²) in [6.45, 7) is 0. The molecule has 0 aliphatic heterocycles. The Morgan fingerprint density at radius 2 is 1.26 bits per heavy atom. The lowest BCUT2D eigenvalue weighted by Crippen LogP contribution is -1.91. The van der Waals surface area contributed by atoms with Gasteiger partial charge in [-0.15, -0.1) is 0 Å². The molecule has 2 aromatic heterocycles. The van der Waals surface area contributed by atoms with Crippen molar-refractivity contribution in [3.63, 3.8) is 0 Å². The smallest absolute Gasteiger partial charge is 0.0992 e. The van der Waals surface area contributed by atoms with Crippen LogP contribution in [0.1, 0.15) is 11.1 Å². The Morgan fingerprint density at radius 1 is 0.588 bits per heavy atom. The molecule has 0 aliphatic carbocycles. The van der Waals surface area contributed by atoms with E-state index in [0.717, 1.165) is 55.0 Å². The average molecular weight is 432 g/mol. The first-order chi connectivity index (χ1) is 16.7. The van der Waals surface area contributed by atoms with Gasteiger partial charge in [-0.25, -0.2) is 4.98 Å². The Bertz CT molecular complexity index is 1800. The van der Waals surface area contributed by atoms with E-state index in [1.165, 1.54) is 0 Å². The molecule has 0 N–H and O–H groups in total. The summed E-state index contributed by atoms with van der Waals surface area (Å²) >= 11 is 0. The fourth-order valence-electron chi connectivity index (χ4n) is 4.42. The van der Waals surface area contributed by atoms with Crippen LogP contribution in [-0.4, -0.2) is 9.97 Å². The molecule has 0 radical (unpaired) electrons. The normalized spacial score (nSPS) is 10.9. The van der Waals surface area contributed by atoms with Crippen LogP contribution in [0.15, 0.2) is 97.2 Å². The zero-order valence-corrected chi connectivity index (χ0v) is 18.0. The minimum Gasteiger partial charge on any atom is -0.254 e. The highest BCUT2D eigenvalue weighted by Crippen LogP contribution is 2.35. The highest BCUT2D eigenvalue weighted by atomic mass is 14.7. The van der Waals surface area contributed by atoms with Gasteiger partial charge in [-0.1, -0.05) is 48.5 Å². The highest BCUT2D eigenvalue weighted by molar-refractivity contribution is 6.12. The van der Waals surface area contributed by atoms with Gasteiger partial charge >= 0.3 is 0 Å². The maximum absolute atomic E-state index is 9.26. The number of hydrogen-bond acceptors (Lipinski definition) is 4. The molecule has 2 heterocycles. The van der Waals surface area contributed by atoms with Crippen molar-refractivity contribution in [1.29, 1.82) is 10.5 Å². The fraction of sp³-hybridized carbons (Fsp3) is 0. The number of pyridine rings is 2. The summed E-state index contributed by atoms with van der Waals surface area (Å²) in [7, 11) is 0. The average Bonchev–Trinajstić information content (AvgIpc) is 2.91. The molecule has 4 nitrogen and oxygen atoms in total. The predicted molar refractivity (Wildman–Crippen MR) is 135 cm³/mol. The third-order valence-corrected chi connectivity index (χ3v) is 6.14. The number of benzene rings is 4. The third kappa shape index (κ3) is 3.23. The molecule has 4 heteroatoms. The lowest BCUT2D eigenvalue weighted by molar-refractivity contribution is 1.40. The van der Waals surface area contributed by atoms with E-state index < -0.39 is 0 Å². The van der Waals surface area contributed by atoms with Crippen molar-refractivity contribution >= 4 is 32.7 Å². The van der Waals surface area contributed by atoms with E-state index in [-0.39, 0.29) is 0 Å². The van der Waals surface area contributed by atoms with E-state index in [2.05, 4.69) is 59.6 Å². The number of hydrogen-bond donors (Lipinski definition) is 0. The monoisotopic (exact) mass is 432 g/mol. The summed E-state index contributed by atoms with van der Waals surface area (Å²) in [6, 6.07) is 34.3. The Morgan fingerprint density at radius 3 is 2.00 bits per heavy atom. The maximum Gasteiger partial charge on any atom is 0.0992 e. The zero-order chi connectivity index (χ0) is 23.1. The molecule has 0 amide bonds. The Balaban J connectivity index is 1.52. The van der Waals surface area contributed by atoms with E-state index >= 15 is 0 Å². The summed E-state index contributed by atoms with van der Waals surface area (Å²) in [5.74, 6) is 0. The van der Waals surface area contributed by atoms with Crippen LogP contribution in [0.25, 0.3) is 55.0 Å². The molecule has 34 heavy (non-hydrogen) atoms. The Labute approximate surface area is 196 Å². The molecule has 0 atom stereocenters. The van der Waals surface area contributed by atoms with Crippen molar-refractivity contribution in [3.8, 4) is 34.4 Å². The number of fused-ring (bicyclic) bond motifs is 4. The van der Waals surface area contributed by atoms with Crippen LogP contribution in [0, 0.1) is 22.7 Å². The molecule has 0 aliphatic rings. The minimum atomic E-state index is 0.593. The van der Waals surface area contributed by atoms with Crippen LogP contribution in [0.5, 0.6) is 0 Å². The molecule has 0 fully saturated rings. The van der Waals surface area contributed by atoms with Crippen molar-refractivity contribution in [2.75, 3.05) is 0 Å². The van der Waals surface area contributed by atoms with Crippen LogP contribution < -0.4 is 0 Å². The van der Waals surface area contributed by atoms with E-state index in [4.69, 9.17) is 10.2 Å². The lowest BCUT2D eigenvalue weighted by atomic mass is 9.95. The van der Waals surface area contributed by atoms with Gasteiger partial charge in [0.15, 0.2) is 0 Å². The molecule has 0 unspecified atom stereocenters. The number of nitrogens with zero attached hydrogens (tertiary/aromatic N) is 4. The zero-order valence-electron chi connectivity index (χ0n) is 18.0. The number of aromatic nitrogens is 2. The van der Waals surface area contributed by atoms with Crippen molar-refractivity contribution in [3.05, 3.63) is 108 Å². The van der Waals surface area contributed by atoms with Gasteiger partial charge in [0.25, 0.3) is 0 Å². The van der Waals surface area contributed by atoms with Gasteiger partial charge in [0.05, 0.1) is 39.8 Å². The summed E-state index contributed by atoms with van der Waals surface area (Å²) < 4.78 is 0. The number of nitriles is 2. The van der Waals surface area contributed by atoms with Crippen LogP contribution in [-0.2, 0) is 0 Å². The van der Waals surface area contributed by atoms with Gasteiger partial charge in [-0.05, 0) is 64.7 Å². The molecule has 6 aromatic rings. The molecule has 0 bridgehead atoms. The maximum atomic E-state index is 9.26. The van der Waals surface area contributed by atoms with Gasteiger partial charge < -0.3 is 0 Å². The van der Waals surface area contributed by atoms with Crippen LogP contribution >= 0.6 is 0 Å². The van der Waals surface area contributed by atoms with Gasteiger partial charge in [-0.2, -0.15) is 10.5 Å². The van der Waals surface area contributed by atoms with E-state index in [1.807, 2.05) is 48.5 Å². The summed E-state index contributed by atoms with van der Waals surface area (Å²) in [4.78, 5) is 9.55. The topological polar surface area (TPSA) is 73.4 Å². The third-order valence-electron chi connectivity index (χ3n) is 6.14. The van der Waals surface area contributed by atoms with E-state index in [9.17, 15) is 5.26 Å². The SMILES string of the molecule is N#Cc1ccc(-c2ccc(-c3cc4cc5ccc(C#N)cc5nc4c4ncccc34)cc2)cc1. The molecule has 0 saturated carbocycles.